The summed E-state index contributed by atoms with van der Waals surface area (Å²) in [4.78, 5) is 37.0. The number of esters is 1. The highest BCUT2D eigenvalue weighted by atomic mass is 35.5. The first-order valence-electron chi connectivity index (χ1n) is 8.88. The zero-order valence-corrected chi connectivity index (χ0v) is 17.9. The second-order valence-electron chi connectivity index (χ2n) is 6.66. The molecule has 3 aromatic carbocycles. The summed E-state index contributed by atoms with van der Waals surface area (Å²) in [5, 5.41) is 0.468. The number of carbonyl (C=O) groups excluding carboxylic acids is 3. The van der Waals surface area contributed by atoms with Crippen molar-refractivity contribution in [1.29, 1.82) is 0 Å². The third kappa shape index (κ3) is 3.76. The summed E-state index contributed by atoms with van der Waals surface area (Å²) in [5.41, 5.74) is 0.0774. The van der Waals surface area contributed by atoms with Gasteiger partial charge in [-0.25, -0.2) is 13.2 Å². The van der Waals surface area contributed by atoms with E-state index in [0.29, 0.717) is 5.02 Å². The Bertz CT molecular complexity index is 1380. The Labute approximate surface area is 187 Å². The molecule has 3 aromatic rings. The maximum absolute atomic E-state index is 12.9. The Balaban J connectivity index is 1.59. The standard InChI is InChI=1S/C22H12Cl2O6S/c23-13-6-8-14(17(24)10-13)18(25)11-30-22(27)12-5-7-16-20(9-12)31(28,29)19-4-2-1-3-15(19)21(16)26/h1-10H,11H2. The van der Waals surface area contributed by atoms with Crippen molar-refractivity contribution in [3.8, 4) is 0 Å². The molecule has 0 aliphatic carbocycles. The minimum Gasteiger partial charge on any atom is -0.454 e. The van der Waals surface area contributed by atoms with Crippen LogP contribution in [0.4, 0.5) is 0 Å². The Morgan fingerprint density at radius 2 is 1.58 bits per heavy atom. The van der Waals surface area contributed by atoms with Crippen LogP contribution in [0.5, 0.6) is 0 Å². The monoisotopic (exact) mass is 474 g/mol. The van der Waals surface area contributed by atoms with Crippen LogP contribution >= 0.6 is 23.2 Å². The van der Waals surface area contributed by atoms with Crippen molar-refractivity contribution in [2.75, 3.05) is 6.61 Å². The number of Topliss-reactive ketones (excluding diaryl/α,β-unsaturated/α-hetero) is 1. The van der Waals surface area contributed by atoms with Crippen LogP contribution in [-0.2, 0) is 14.6 Å². The van der Waals surface area contributed by atoms with Crippen LogP contribution < -0.4 is 0 Å². The van der Waals surface area contributed by atoms with E-state index in [1.54, 1.807) is 6.07 Å². The number of fused-ring (bicyclic) bond motifs is 2. The molecule has 0 amide bonds. The summed E-state index contributed by atoms with van der Waals surface area (Å²) in [5.74, 6) is -1.92. The smallest absolute Gasteiger partial charge is 0.338 e. The van der Waals surface area contributed by atoms with E-state index in [0.717, 1.165) is 6.07 Å². The molecule has 31 heavy (non-hydrogen) atoms. The van der Waals surface area contributed by atoms with Crippen LogP contribution in [0.3, 0.4) is 0 Å². The Kier molecular flexibility index (Phi) is 5.43. The van der Waals surface area contributed by atoms with E-state index in [-0.39, 0.29) is 37.1 Å². The van der Waals surface area contributed by atoms with Gasteiger partial charge < -0.3 is 4.74 Å². The van der Waals surface area contributed by atoms with Crippen molar-refractivity contribution < 1.29 is 27.5 Å². The predicted molar refractivity (Wildman–Crippen MR) is 113 cm³/mol. The normalized spacial score (nSPS) is 13.8. The van der Waals surface area contributed by atoms with Crippen molar-refractivity contribution in [2.24, 2.45) is 0 Å². The summed E-state index contributed by atoms with van der Waals surface area (Å²) < 4.78 is 30.9. The molecule has 9 heteroatoms. The van der Waals surface area contributed by atoms with E-state index in [1.807, 2.05) is 0 Å². The van der Waals surface area contributed by atoms with Gasteiger partial charge in [-0.1, -0.05) is 35.3 Å². The van der Waals surface area contributed by atoms with Crippen molar-refractivity contribution in [3.05, 3.63) is 93.0 Å². The molecule has 0 atom stereocenters. The molecular formula is C22H12Cl2O6S. The van der Waals surface area contributed by atoms with Crippen LogP contribution in [0, 0.1) is 0 Å². The highest BCUT2D eigenvalue weighted by Crippen LogP contribution is 2.34. The molecule has 0 unspecified atom stereocenters. The molecule has 0 spiro atoms. The predicted octanol–water partition coefficient (Wildman–Crippen LogP) is 4.41. The fraction of sp³-hybridized carbons (Fsp3) is 0.0455. The lowest BCUT2D eigenvalue weighted by Gasteiger charge is -2.19. The van der Waals surface area contributed by atoms with Gasteiger partial charge in [-0.3, -0.25) is 9.59 Å². The molecule has 0 aromatic heterocycles. The van der Waals surface area contributed by atoms with E-state index in [1.165, 1.54) is 48.5 Å². The number of rotatable bonds is 4. The molecular weight excluding hydrogens is 463 g/mol. The Morgan fingerprint density at radius 3 is 2.32 bits per heavy atom. The average molecular weight is 475 g/mol. The number of halogens is 2. The zero-order chi connectivity index (χ0) is 22.3. The van der Waals surface area contributed by atoms with Gasteiger partial charge in [-0.2, -0.15) is 0 Å². The quantitative estimate of drug-likeness (QED) is 0.321. The summed E-state index contributed by atoms with van der Waals surface area (Å²) in [6, 6.07) is 13.8. The second-order valence-corrected chi connectivity index (χ2v) is 9.39. The maximum Gasteiger partial charge on any atom is 0.338 e. The molecule has 0 fully saturated rings. The number of benzene rings is 3. The topological polar surface area (TPSA) is 94.6 Å². The van der Waals surface area contributed by atoms with Gasteiger partial charge in [0.15, 0.2) is 12.4 Å². The van der Waals surface area contributed by atoms with Crippen molar-refractivity contribution >= 4 is 50.6 Å². The van der Waals surface area contributed by atoms with Gasteiger partial charge in [0.05, 0.1) is 20.4 Å². The van der Waals surface area contributed by atoms with Crippen LogP contribution in [-0.4, -0.2) is 32.6 Å². The van der Waals surface area contributed by atoms with Crippen molar-refractivity contribution in [2.45, 2.75) is 9.79 Å². The third-order valence-electron chi connectivity index (χ3n) is 4.74. The van der Waals surface area contributed by atoms with Gasteiger partial charge in [-0.15, -0.1) is 0 Å². The van der Waals surface area contributed by atoms with E-state index in [2.05, 4.69) is 0 Å². The number of hydrogen-bond donors (Lipinski definition) is 0. The Hall–Kier alpha value is -3.00. The minimum absolute atomic E-state index is 0.0285. The molecule has 1 aliphatic heterocycles. The molecule has 0 radical (unpaired) electrons. The van der Waals surface area contributed by atoms with Crippen molar-refractivity contribution in [3.63, 3.8) is 0 Å². The number of ketones is 2. The Morgan fingerprint density at radius 1 is 0.871 bits per heavy atom. The van der Waals surface area contributed by atoms with Crippen LogP contribution in [0.15, 0.2) is 70.5 Å². The number of carbonyl (C=O) groups is 3. The molecule has 1 heterocycles. The number of sulfone groups is 1. The molecule has 0 saturated carbocycles. The average Bonchev–Trinajstić information content (AvgIpc) is 2.75. The van der Waals surface area contributed by atoms with Crippen LogP contribution in [0.2, 0.25) is 10.0 Å². The number of ether oxygens (including phenoxy) is 1. The summed E-state index contributed by atoms with van der Waals surface area (Å²) in [7, 11) is -4.00. The van der Waals surface area contributed by atoms with Gasteiger partial charge >= 0.3 is 5.97 Å². The lowest BCUT2D eigenvalue weighted by Crippen LogP contribution is -2.21. The maximum atomic E-state index is 12.9. The fourth-order valence-corrected chi connectivity index (χ4v) is 5.41. The summed E-state index contributed by atoms with van der Waals surface area (Å²) in [6.07, 6.45) is 0. The molecule has 1 aliphatic rings. The summed E-state index contributed by atoms with van der Waals surface area (Å²) >= 11 is 11.8. The highest BCUT2D eigenvalue weighted by molar-refractivity contribution is 7.91. The van der Waals surface area contributed by atoms with E-state index in [4.69, 9.17) is 27.9 Å². The van der Waals surface area contributed by atoms with Gasteiger partial charge in [0.25, 0.3) is 0 Å². The first-order valence-corrected chi connectivity index (χ1v) is 11.1. The minimum atomic E-state index is -4.00. The van der Waals surface area contributed by atoms with E-state index >= 15 is 0 Å². The molecule has 0 bridgehead atoms. The highest BCUT2D eigenvalue weighted by Gasteiger charge is 2.35. The number of hydrogen-bond acceptors (Lipinski definition) is 6. The second kappa shape index (κ2) is 7.92. The molecule has 4 rings (SSSR count). The fourth-order valence-electron chi connectivity index (χ4n) is 3.22. The third-order valence-corrected chi connectivity index (χ3v) is 7.14. The van der Waals surface area contributed by atoms with Crippen LogP contribution in [0.1, 0.15) is 36.6 Å². The lowest BCUT2D eigenvalue weighted by molar-refractivity contribution is 0.0474. The lowest BCUT2D eigenvalue weighted by atomic mass is 10.0. The van der Waals surface area contributed by atoms with Gasteiger partial charge in [-0.05, 0) is 48.5 Å². The van der Waals surface area contributed by atoms with Gasteiger partial charge in [0, 0.05) is 21.7 Å². The molecule has 156 valence electrons. The SMILES string of the molecule is O=C(OCC(=O)c1ccc(Cl)cc1Cl)c1ccc2c(c1)S(=O)(=O)c1ccccc1C2=O. The first-order chi connectivity index (χ1) is 14.7. The molecule has 6 nitrogen and oxygen atoms in total. The van der Waals surface area contributed by atoms with Crippen molar-refractivity contribution in [1.82, 2.24) is 0 Å². The first kappa shape index (κ1) is 21.2. The van der Waals surface area contributed by atoms with E-state index in [9.17, 15) is 22.8 Å². The van der Waals surface area contributed by atoms with E-state index < -0.39 is 34.0 Å². The molecule has 0 saturated heterocycles. The largest absolute Gasteiger partial charge is 0.454 e. The zero-order valence-electron chi connectivity index (χ0n) is 15.6. The van der Waals surface area contributed by atoms with Gasteiger partial charge in [0.1, 0.15) is 0 Å². The van der Waals surface area contributed by atoms with Crippen LogP contribution in [0.25, 0.3) is 0 Å². The molecule has 0 N–H and O–H groups in total. The summed E-state index contributed by atoms with van der Waals surface area (Å²) in [6.45, 7) is -0.605. The van der Waals surface area contributed by atoms with Gasteiger partial charge in [0.2, 0.25) is 15.6 Å².